The van der Waals surface area contributed by atoms with Gasteiger partial charge in [-0.1, -0.05) is 43.1 Å². The SMILES string of the molecule is CCCC(C)NC(=O)C1CCCN(c2cnn(-c3ccccc3)c(=O)c2Cl)C1. The highest BCUT2D eigenvalue weighted by molar-refractivity contribution is 6.33. The van der Waals surface area contributed by atoms with Crippen LogP contribution in [0.5, 0.6) is 0 Å². The largest absolute Gasteiger partial charge is 0.368 e. The van der Waals surface area contributed by atoms with E-state index in [-0.39, 0.29) is 28.4 Å². The summed E-state index contributed by atoms with van der Waals surface area (Å²) < 4.78 is 1.30. The molecule has 2 heterocycles. The van der Waals surface area contributed by atoms with Crippen molar-refractivity contribution in [2.75, 3.05) is 18.0 Å². The van der Waals surface area contributed by atoms with Crippen molar-refractivity contribution in [2.45, 2.75) is 45.6 Å². The number of benzene rings is 1. The van der Waals surface area contributed by atoms with E-state index < -0.39 is 0 Å². The van der Waals surface area contributed by atoms with Crippen molar-refractivity contribution in [3.8, 4) is 5.69 Å². The molecule has 1 aromatic heterocycles. The van der Waals surface area contributed by atoms with E-state index in [0.29, 0.717) is 17.9 Å². The number of nitrogens with one attached hydrogen (secondary N) is 1. The van der Waals surface area contributed by atoms with Crippen molar-refractivity contribution in [3.05, 3.63) is 51.9 Å². The number of anilines is 1. The maximum Gasteiger partial charge on any atom is 0.292 e. The first-order valence-electron chi connectivity index (χ1n) is 9.89. The van der Waals surface area contributed by atoms with Gasteiger partial charge in [0.25, 0.3) is 5.56 Å². The number of carbonyl (C=O) groups excluding carboxylic acids is 1. The number of para-hydroxylation sites is 1. The molecule has 1 saturated heterocycles. The van der Waals surface area contributed by atoms with Crippen molar-refractivity contribution in [3.63, 3.8) is 0 Å². The first-order valence-corrected chi connectivity index (χ1v) is 10.3. The lowest BCUT2D eigenvalue weighted by Gasteiger charge is -2.34. The molecule has 1 aliphatic rings. The van der Waals surface area contributed by atoms with Gasteiger partial charge in [-0.05, 0) is 38.3 Å². The number of nitrogens with zero attached hydrogens (tertiary/aromatic N) is 3. The summed E-state index contributed by atoms with van der Waals surface area (Å²) in [7, 11) is 0. The van der Waals surface area contributed by atoms with Crippen LogP contribution in [0.3, 0.4) is 0 Å². The Morgan fingerprint density at radius 3 is 2.82 bits per heavy atom. The van der Waals surface area contributed by atoms with E-state index >= 15 is 0 Å². The Bertz CT molecular complexity index is 868. The monoisotopic (exact) mass is 402 g/mol. The van der Waals surface area contributed by atoms with Crippen molar-refractivity contribution in [2.24, 2.45) is 5.92 Å². The number of carbonyl (C=O) groups is 1. The molecule has 7 heteroatoms. The molecule has 2 unspecified atom stereocenters. The summed E-state index contributed by atoms with van der Waals surface area (Å²) in [5.41, 5.74) is 0.910. The first-order chi connectivity index (χ1) is 13.5. The fourth-order valence-electron chi connectivity index (χ4n) is 3.67. The molecule has 0 bridgehead atoms. The maximum atomic E-state index is 12.7. The van der Waals surface area contributed by atoms with Crippen LogP contribution in [0.15, 0.2) is 41.3 Å². The van der Waals surface area contributed by atoms with Crippen LogP contribution in [0.2, 0.25) is 5.02 Å². The summed E-state index contributed by atoms with van der Waals surface area (Å²) in [6, 6.07) is 9.36. The molecule has 1 aliphatic heterocycles. The molecule has 150 valence electrons. The topological polar surface area (TPSA) is 67.2 Å². The number of aromatic nitrogens is 2. The minimum atomic E-state index is -0.353. The average Bonchev–Trinajstić information content (AvgIpc) is 2.71. The second kappa shape index (κ2) is 9.24. The Morgan fingerprint density at radius 1 is 1.36 bits per heavy atom. The Labute approximate surface area is 170 Å². The molecule has 6 nitrogen and oxygen atoms in total. The fourth-order valence-corrected chi connectivity index (χ4v) is 3.92. The lowest BCUT2D eigenvalue weighted by Crippen LogP contribution is -2.45. The van der Waals surface area contributed by atoms with Gasteiger partial charge in [-0.3, -0.25) is 9.59 Å². The standard InChI is InChI=1S/C21H27ClN4O2/c1-3-8-15(2)24-20(27)16-9-7-12-25(14-16)18-13-23-26(21(28)19(18)22)17-10-5-4-6-11-17/h4-6,10-11,13,15-16H,3,7-9,12,14H2,1-2H3,(H,24,27). The molecular formula is C21H27ClN4O2. The Morgan fingerprint density at radius 2 is 2.11 bits per heavy atom. The molecule has 1 N–H and O–H groups in total. The molecule has 2 atom stereocenters. The van der Waals surface area contributed by atoms with Crippen molar-refractivity contribution in [1.82, 2.24) is 15.1 Å². The lowest BCUT2D eigenvalue weighted by atomic mass is 9.96. The summed E-state index contributed by atoms with van der Waals surface area (Å²) in [5.74, 6) is -0.0342. The van der Waals surface area contributed by atoms with E-state index in [0.717, 1.165) is 32.2 Å². The van der Waals surface area contributed by atoms with E-state index in [1.165, 1.54) is 4.68 Å². The Hall–Kier alpha value is -2.34. The summed E-state index contributed by atoms with van der Waals surface area (Å²) >= 11 is 6.42. The van der Waals surface area contributed by atoms with Crippen molar-refractivity contribution in [1.29, 1.82) is 0 Å². The molecule has 3 rings (SSSR count). The van der Waals surface area contributed by atoms with Gasteiger partial charge in [-0.15, -0.1) is 0 Å². The van der Waals surface area contributed by atoms with Gasteiger partial charge in [0.05, 0.1) is 23.5 Å². The number of piperidine rings is 1. The third-order valence-electron chi connectivity index (χ3n) is 5.14. The minimum absolute atomic E-state index is 0.0763. The zero-order valence-corrected chi connectivity index (χ0v) is 17.2. The summed E-state index contributed by atoms with van der Waals surface area (Å²) in [6.07, 6.45) is 5.34. The number of amides is 1. The highest BCUT2D eigenvalue weighted by Crippen LogP contribution is 2.27. The van der Waals surface area contributed by atoms with Crippen molar-refractivity contribution >= 4 is 23.2 Å². The van der Waals surface area contributed by atoms with Gasteiger partial charge in [0, 0.05) is 19.1 Å². The maximum absolute atomic E-state index is 12.7. The van der Waals surface area contributed by atoms with Crippen LogP contribution >= 0.6 is 11.6 Å². The zero-order chi connectivity index (χ0) is 20.1. The first kappa shape index (κ1) is 20.4. The number of hydrogen-bond acceptors (Lipinski definition) is 4. The quantitative estimate of drug-likeness (QED) is 0.804. The van der Waals surface area contributed by atoms with Crippen molar-refractivity contribution < 1.29 is 4.79 Å². The molecule has 0 aliphatic carbocycles. The van der Waals surface area contributed by atoms with Crippen LogP contribution in [0, 0.1) is 5.92 Å². The average molecular weight is 403 g/mol. The molecule has 1 fully saturated rings. The van der Waals surface area contributed by atoms with Gasteiger partial charge in [-0.2, -0.15) is 9.78 Å². The molecule has 0 spiro atoms. The van der Waals surface area contributed by atoms with Gasteiger partial charge in [-0.25, -0.2) is 0 Å². The Balaban J connectivity index is 1.77. The number of rotatable bonds is 6. The summed E-state index contributed by atoms with van der Waals surface area (Å²) in [6.45, 7) is 5.44. The second-order valence-electron chi connectivity index (χ2n) is 7.38. The van der Waals surface area contributed by atoms with Gasteiger partial charge in [0.15, 0.2) is 0 Å². The molecule has 28 heavy (non-hydrogen) atoms. The summed E-state index contributed by atoms with van der Waals surface area (Å²) in [5, 5.41) is 7.54. The molecule has 0 radical (unpaired) electrons. The molecule has 2 aromatic rings. The van der Waals surface area contributed by atoms with Crippen LogP contribution in [0.1, 0.15) is 39.5 Å². The van der Waals surface area contributed by atoms with Crippen LogP contribution in [-0.2, 0) is 4.79 Å². The summed E-state index contributed by atoms with van der Waals surface area (Å²) in [4.78, 5) is 27.3. The minimum Gasteiger partial charge on any atom is -0.368 e. The smallest absolute Gasteiger partial charge is 0.292 e. The van der Waals surface area contributed by atoms with E-state index in [1.54, 1.807) is 6.20 Å². The predicted molar refractivity (Wildman–Crippen MR) is 112 cm³/mol. The zero-order valence-electron chi connectivity index (χ0n) is 16.4. The third-order valence-corrected chi connectivity index (χ3v) is 5.50. The van der Waals surface area contributed by atoms with Crippen LogP contribution in [0.25, 0.3) is 5.69 Å². The molecular weight excluding hydrogens is 376 g/mol. The molecule has 1 amide bonds. The lowest BCUT2D eigenvalue weighted by molar-refractivity contribution is -0.125. The van der Waals surface area contributed by atoms with Gasteiger partial charge in [0.1, 0.15) is 5.02 Å². The number of hydrogen-bond donors (Lipinski definition) is 1. The van der Waals surface area contributed by atoms with E-state index in [9.17, 15) is 9.59 Å². The predicted octanol–water partition coefficient (Wildman–Crippen LogP) is 3.41. The van der Waals surface area contributed by atoms with Gasteiger partial charge >= 0.3 is 0 Å². The molecule has 0 saturated carbocycles. The van der Waals surface area contributed by atoms with Crippen LogP contribution in [-0.4, -0.2) is 34.8 Å². The van der Waals surface area contributed by atoms with Crippen LogP contribution < -0.4 is 15.8 Å². The van der Waals surface area contributed by atoms with E-state index in [4.69, 9.17) is 11.6 Å². The Kier molecular flexibility index (Phi) is 6.73. The normalized spacial score (nSPS) is 18.0. The van der Waals surface area contributed by atoms with E-state index in [2.05, 4.69) is 17.3 Å². The van der Waals surface area contributed by atoms with Gasteiger partial charge in [0.2, 0.25) is 5.91 Å². The molecule has 1 aromatic carbocycles. The highest BCUT2D eigenvalue weighted by atomic mass is 35.5. The third kappa shape index (κ3) is 4.55. The fraction of sp³-hybridized carbons (Fsp3) is 0.476. The number of halogens is 1. The van der Waals surface area contributed by atoms with Crippen LogP contribution in [0.4, 0.5) is 5.69 Å². The van der Waals surface area contributed by atoms with Gasteiger partial charge < -0.3 is 10.2 Å². The highest BCUT2D eigenvalue weighted by Gasteiger charge is 2.28. The second-order valence-corrected chi connectivity index (χ2v) is 7.76. The van der Waals surface area contributed by atoms with E-state index in [1.807, 2.05) is 42.2 Å².